The van der Waals surface area contributed by atoms with Crippen LogP contribution in [0, 0.1) is 0 Å². The quantitative estimate of drug-likeness (QED) is 0.825. The van der Waals surface area contributed by atoms with Gasteiger partial charge in [0, 0.05) is 23.8 Å². The fraction of sp³-hybridized carbons (Fsp3) is 0.350. The second-order valence-corrected chi connectivity index (χ2v) is 10.4. The monoisotopic (exact) mass is 406 g/mol. The molecule has 1 N–H and O–H groups in total. The van der Waals surface area contributed by atoms with Gasteiger partial charge in [0.05, 0.1) is 4.90 Å². The number of hydrogen-bond donors (Lipinski definition) is 1. The molecule has 144 valence electrons. The molecule has 0 aromatic heterocycles. The molecule has 0 bridgehead atoms. The Balaban J connectivity index is 1.59. The second-order valence-electron chi connectivity index (χ2n) is 7.78. The van der Waals surface area contributed by atoms with Gasteiger partial charge in [-0.1, -0.05) is 44.5 Å². The maximum atomic E-state index is 12.6. The number of benzene rings is 2. The van der Waals surface area contributed by atoms with E-state index in [0.717, 1.165) is 0 Å². The number of halogens is 1. The van der Waals surface area contributed by atoms with Crippen molar-refractivity contribution in [3.8, 4) is 0 Å². The van der Waals surface area contributed by atoms with Gasteiger partial charge in [-0.05, 0) is 47.4 Å². The molecule has 3 rings (SSSR count). The van der Waals surface area contributed by atoms with Crippen molar-refractivity contribution < 1.29 is 13.2 Å². The summed E-state index contributed by atoms with van der Waals surface area (Å²) in [5, 5.41) is 2.71. The van der Waals surface area contributed by atoms with Gasteiger partial charge in [-0.25, -0.2) is 13.2 Å². The summed E-state index contributed by atoms with van der Waals surface area (Å²) < 4.78 is 25.2. The maximum Gasteiger partial charge on any atom is 0.321 e. The standard InChI is InChI=1S/C20H23ClN2O3S/c1-20(2,3)14-4-8-16(9-5-14)22-19(24)23-12-18(13-23)27(25,26)17-10-6-15(21)7-11-17/h4-11,18H,12-13H2,1-3H3,(H,22,24). The number of amides is 2. The molecule has 1 fully saturated rings. The lowest BCUT2D eigenvalue weighted by Gasteiger charge is -2.38. The topological polar surface area (TPSA) is 66.5 Å². The Morgan fingerprint density at radius 2 is 1.59 bits per heavy atom. The number of nitrogens with zero attached hydrogens (tertiary/aromatic N) is 1. The summed E-state index contributed by atoms with van der Waals surface area (Å²) in [6.07, 6.45) is 0. The van der Waals surface area contributed by atoms with Crippen LogP contribution in [0.15, 0.2) is 53.4 Å². The number of urea groups is 1. The first-order valence-corrected chi connectivity index (χ1v) is 10.7. The van der Waals surface area contributed by atoms with Gasteiger partial charge in [-0.2, -0.15) is 0 Å². The first-order valence-electron chi connectivity index (χ1n) is 8.73. The van der Waals surface area contributed by atoms with Crippen LogP contribution in [0.25, 0.3) is 0 Å². The zero-order valence-electron chi connectivity index (χ0n) is 15.6. The summed E-state index contributed by atoms with van der Waals surface area (Å²) in [5.41, 5.74) is 1.92. The van der Waals surface area contributed by atoms with Crippen LogP contribution in [-0.4, -0.2) is 37.7 Å². The summed E-state index contributed by atoms with van der Waals surface area (Å²) in [6.45, 7) is 6.74. The lowest BCUT2D eigenvalue weighted by molar-refractivity contribution is 0.182. The number of carbonyl (C=O) groups excluding carboxylic acids is 1. The van der Waals surface area contributed by atoms with E-state index in [0.29, 0.717) is 10.7 Å². The minimum atomic E-state index is -3.46. The van der Waals surface area contributed by atoms with E-state index in [9.17, 15) is 13.2 Å². The SMILES string of the molecule is CC(C)(C)c1ccc(NC(=O)N2CC(S(=O)(=O)c3ccc(Cl)cc3)C2)cc1. The van der Waals surface area contributed by atoms with E-state index in [2.05, 4.69) is 26.1 Å². The lowest BCUT2D eigenvalue weighted by Crippen LogP contribution is -2.58. The summed E-state index contributed by atoms with van der Waals surface area (Å²) >= 11 is 5.81. The van der Waals surface area contributed by atoms with Crippen LogP contribution in [0.1, 0.15) is 26.3 Å². The van der Waals surface area contributed by atoms with Crippen molar-refractivity contribution in [2.24, 2.45) is 0 Å². The van der Waals surface area contributed by atoms with Gasteiger partial charge in [0.25, 0.3) is 0 Å². The average molecular weight is 407 g/mol. The molecule has 0 saturated carbocycles. The summed E-state index contributed by atoms with van der Waals surface area (Å²) in [4.78, 5) is 14.1. The van der Waals surface area contributed by atoms with Gasteiger partial charge in [0.2, 0.25) is 0 Å². The third-order valence-corrected chi connectivity index (χ3v) is 7.08. The van der Waals surface area contributed by atoms with E-state index in [1.165, 1.54) is 22.6 Å². The molecule has 2 aromatic carbocycles. The molecule has 0 unspecified atom stereocenters. The van der Waals surface area contributed by atoms with Gasteiger partial charge < -0.3 is 10.2 Å². The molecular formula is C20H23ClN2O3S. The minimum absolute atomic E-state index is 0.0449. The molecule has 0 aliphatic carbocycles. The van der Waals surface area contributed by atoms with Crippen molar-refractivity contribution in [2.45, 2.75) is 36.3 Å². The Kier molecular flexibility index (Phi) is 5.23. The highest BCUT2D eigenvalue weighted by Gasteiger charge is 2.40. The van der Waals surface area contributed by atoms with E-state index in [4.69, 9.17) is 11.6 Å². The van der Waals surface area contributed by atoms with Crippen LogP contribution >= 0.6 is 11.6 Å². The number of hydrogen-bond acceptors (Lipinski definition) is 3. The van der Waals surface area contributed by atoms with Gasteiger partial charge in [0.1, 0.15) is 5.25 Å². The molecule has 27 heavy (non-hydrogen) atoms. The Hall–Kier alpha value is -2.05. The van der Waals surface area contributed by atoms with E-state index in [1.807, 2.05) is 24.3 Å². The van der Waals surface area contributed by atoms with E-state index < -0.39 is 15.1 Å². The predicted octanol–water partition coefficient (Wildman–Crippen LogP) is 4.33. The van der Waals surface area contributed by atoms with Crippen molar-refractivity contribution in [1.29, 1.82) is 0 Å². The van der Waals surface area contributed by atoms with Crippen molar-refractivity contribution in [1.82, 2.24) is 4.90 Å². The minimum Gasteiger partial charge on any atom is -0.322 e. The Bertz CT molecular complexity index is 927. The zero-order chi connectivity index (χ0) is 19.8. The zero-order valence-corrected chi connectivity index (χ0v) is 17.1. The molecule has 0 spiro atoms. The smallest absolute Gasteiger partial charge is 0.321 e. The number of rotatable bonds is 3. The normalized spacial score (nSPS) is 15.3. The number of anilines is 1. The largest absolute Gasteiger partial charge is 0.322 e. The highest BCUT2D eigenvalue weighted by molar-refractivity contribution is 7.92. The van der Waals surface area contributed by atoms with Crippen molar-refractivity contribution >= 4 is 33.2 Å². The summed E-state index contributed by atoms with van der Waals surface area (Å²) in [5.74, 6) is 0. The van der Waals surface area contributed by atoms with E-state index in [-0.39, 0.29) is 29.4 Å². The van der Waals surface area contributed by atoms with Crippen LogP contribution in [0.5, 0.6) is 0 Å². The van der Waals surface area contributed by atoms with E-state index in [1.54, 1.807) is 12.1 Å². The molecule has 1 heterocycles. The average Bonchev–Trinajstić information content (AvgIpc) is 2.53. The molecular weight excluding hydrogens is 384 g/mol. The first kappa shape index (κ1) is 19.7. The Labute approximate surface area is 165 Å². The molecule has 1 saturated heterocycles. The third kappa shape index (κ3) is 4.28. The molecule has 2 aromatic rings. The van der Waals surface area contributed by atoms with Crippen molar-refractivity contribution in [3.05, 3.63) is 59.1 Å². The lowest BCUT2D eigenvalue weighted by atomic mass is 9.87. The molecule has 5 nitrogen and oxygen atoms in total. The fourth-order valence-corrected chi connectivity index (χ4v) is 4.65. The van der Waals surface area contributed by atoms with Crippen LogP contribution in [0.2, 0.25) is 5.02 Å². The Morgan fingerprint density at radius 3 is 2.11 bits per heavy atom. The number of sulfone groups is 1. The molecule has 0 radical (unpaired) electrons. The number of nitrogens with one attached hydrogen (secondary N) is 1. The number of likely N-dealkylation sites (tertiary alicyclic amines) is 1. The Morgan fingerprint density at radius 1 is 1.04 bits per heavy atom. The van der Waals surface area contributed by atoms with Crippen LogP contribution in [0.4, 0.5) is 10.5 Å². The van der Waals surface area contributed by atoms with Gasteiger partial charge in [0.15, 0.2) is 9.84 Å². The highest BCUT2D eigenvalue weighted by Crippen LogP contribution is 2.26. The highest BCUT2D eigenvalue weighted by atomic mass is 35.5. The molecule has 1 aliphatic heterocycles. The predicted molar refractivity (Wildman–Crippen MR) is 108 cm³/mol. The van der Waals surface area contributed by atoms with Crippen molar-refractivity contribution in [2.75, 3.05) is 18.4 Å². The van der Waals surface area contributed by atoms with Crippen molar-refractivity contribution in [3.63, 3.8) is 0 Å². The molecule has 7 heteroatoms. The summed E-state index contributed by atoms with van der Waals surface area (Å²) in [7, 11) is -3.46. The number of carbonyl (C=O) groups is 1. The maximum absolute atomic E-state index is 12.6. The fourth-order valence-electron chi connectivity index (χ4n) is 2.87. The van der Waals surface area contributed by atoms with Crippen LogP contribution < -0.4 is 5.32 Å². The molecule has 1 aliphatic rings. The van der Waals surface area contributed by atoms with Crippen LogP contribution in [0.3, 0.4) is 0 Å². The summed E-state index contributed by atoms with van der Waals surface area (Å²) in [6, 6.07) is 13.5. The van der Waals surface area contributed by atoms with Crippen LogP contribution in [-0.2, 0) is 15.3 Å². The molecule has 2 amide bonds. The van der Waals surface area contributed by atoms with E-state index >= 15 is 0 Å². The second kappa shape index (κ2) is 7.17. The molecule has 0 atom stereocenters. The first-order chi connectivity index (χ1) is 12.6. The van der Waals surface area contributed by atoms with Gasteiger partial charge >= 0.3 is 6.03 Å². The van der Waals surface area contributed by atoms with Gasteiger partial charge in [-0.3, -0.25) is 0 Å². The third-order valence-electron chi connectivity index (χ3n) is 4.72. The van der Waals surface area contributed by atoms with Gasteiger partial charge in [-0.15, -0.1) is 0 Å².